The molecule has 10 nitrogen and oxygen atoms in total. The standard InChI is InChI=1S/C33H42F7N4O6P/c1-17(2)31(8,24-14-21(32(35,36)37)15-25(19(24)4)33(38,39)40)50-28-27(23-12-11-22(34)13-18(23)3)43(30(6,7)20(5)49-28)16-26-41-29(45)44(42-26)51(46,47-9)48-10/h11-15,17,20,27-28H,16H2,1-10H3,(H,41,42,45)/t20?,27-,28+,31+/m0/s1/i20D,27D,28D. The second-order valence-corrected chi connectivity index (χ2v) is 15.1. The molecule has 0 bridgehead atoms. The van der Waals surface area contributed by atoms with Gasteiger partial charge in [0.2, 0.25) is 0 Å². The summed E-state index contributed by atoms with van der Waals surface area (Å²) in [5.41, 5.74) is -9.79. The number of halogens is 7. The van der Waals surface area contributed by atoms with Crippen molar-refractivity contribution in [2.75, 3.05) is 14.2 Å². The smallest absolute Gasteiger partial charge is 0.346 e. The van der Waals surface area contributed by atoms with Gasteiger partial charge in [0.25, 0.3) is 0 Å². The molecule has 0 saturated carbocycles. The van der Waals surface area contributed by atoms with Crippen molar-refractivity contribution in [3.8, 4) is 0 Å². The first-order chi connectivity index (χ1) is 24.4. The van der Waals surface area contributed by atoms with Gasteiger partial charge in [-0.1, -0.05) is 19.9 Å². The van der Waals surface area contributed by atoms with E-state index >= 15 is 0 Å². The molecule has 18 heteroatoms. The molecule has 4 atom stereocenters. The fraction of sp³-hybridized carbons (Fsp3) is 0.576. The van der Waals surface area contributed by atoms with Crippen molar-refractivity contribution in [3.05, 3.63) is 85.8 Å². The summed E-state index contributed by atoms with van der Waals surface area (Å²) in [4.78, 5) is 16.5. The Labute approximate surface area is 295 Å². The number of rotatable bonds is 10. The van der Waals surface area contributed by atoms with Gasteiger partial charge in [-0.05, 0) is 94.0 Å². The zero-order valence-corrected chi connectivity index (χ0v) is 30.4. The van der Waals surface area contributed by atoms with Crippen molar-refractivity contribution in [2.45, 2.75) is 104 Å². The maximum atomic E-state index is 14.6. The van der Waals surface area contributed by atoms with E-state index in [-0.39, 0.29) is 23.0 Å². The molecule has 1 aliphatic heterocycles. The molecule has 1 saturated heterocycles. The van der Waals surface area contributed by atoms with Gasteiger partial charge >= 0.3 is 25.8 Å². The van der Waals surface area contributed by atoms with E-state index in [1.54, 1.807) is 0 Å². The summed E-state index contributed by atoms with van der Waals surface area (Å²) >= 11 is 0. The third kappa shape index (κ3) is 7.70. The van der Waals surface area contributed by atoms with Gasteiger partial charge in [-0.2, -0.15) is 26.3 Å². The van der Waals surface area contributed by atoms with Crippen molar-refractivity contribution in [1.82, 2.24) is 19.4 Å². The Hall–Kier alpha value is -3.08. The first-order valence-electron chi connectivity index (χ1n) is 17.0. The number of aromatic nitrogens is 3. The van der Waals surface area contributed by atoms with Gasteiger partial charge in [-0.3, -0.25) is 18.9 Å². The summed E-state index contributed by atoms with van der Waals surface area (Å²) in [5, 5.41) is 4.04. The van der Waals surface area contributed by atoms with Gasteiger partial charge in [0.05, 0.1) is 39.5 Å². The van der Waals surface area contributed by atoms with Crippen LogP contribution in [0.2, 0.25) is 0 Å². The zero-order chi connectivity index (χ0) is 41.4. The first kappa shape index (κ1) is 36.3. The van der Waals surface area contributed by atoms with Gasteiger partial charge < -0.3 is 9.47 Å². The minimum atomic E-state index is -5.25. The normalized spacial score (nSPS) is 26.8. The molecular formula is C33H42F7N4O6P. The highest BCUT2D eigenvalue weighted by Gasteiger charge is 2.52. The van der Waals surface area contributed by atoms with Gasteiger partial charge in [-0.25, -0.2) is 13.8 Å². The molecule has 2 aromatic carbocycles. The van der Waals surface area contributed by atoms with Crippen LogP contribution in [0.5, 0.6) is 0 Å². The van der Waals surface area contributed by atoms with Gasteiger partial charge in [0, 0.05) is 19.8 Å². The van der Waals surface area contributed by atoms with Crippen LogP contribution in [0.15, 0.2) is 35.1 Å². The molecule has 1 fully saturated rings. The van der Waals surface area contributed by atoms with E-state index in [9.17, 15) is 44.2 Å². The number of benzene rings is 2. The number of hydrogen-bond acceptors (Lipinski definition) is 8. The van der Waals surface area contributed by atoms with E-state index in [4.69, 9.17) is 18.5 Å². The molecule has 3 aromatic rings. The van der Waals surface area contributed by atoms with Crippen molar-refractivity contribution in [3.63, 3.8) is 0 Å². The highest BCUT2D eigenvalue weighted by atomic mass is 31.2. The van der Waals surface area contributed by atoms with Crippen LogP contribution in [0, 0.1) is 25.6 Å². The minimum Gasteiger partial charge on any atom is -0.346 e. The van der Waals surface area contributed by atoms with E-state index in [1.165, 1.54) is 41.5 Å². The maximum Gasteiger partial charge on any atom is 0.459 e. The van der Waals surface area contributed by atoms with Crippen LogP contribution in [-0.2, 0) is 47.6 Å². The summed E-state index contributed by atoms with van der Waals surface area (Å²) in [5.74, 6) is -2.10. The molecule has 1 aliphatic rings. The van der Waals surface area contributed by atoms with Crippen LogP contribution in [-0.4, -0.2) is 51.5 Å². The SMILES string of the molecule is [2H]C1(C)O[C@]([2H])(O[C@@](C)(c2cc(C(F)(F)F)cc(C(F)(F)F)c2C)C(C)C)[C@]([2H])(c2ccc(F)cc2C)N(Cc2nn(P(=O)(OC)OC)c(=O)[nH]2)C1(C)C. The molecule has 0 spiro atoms. The highest BCUT2D eigenvalue weighted by Crippen LogP contribution is 2.50. The molecule has 51 heavy (non-hydrogen) atoms. The van der Waals surface area contributed by atoms with Crippen molar-refractivity contribution in [1.29, 1.82) is 0 Å². The quantitative estimate of drug-likeness (QED) is 0.163. The molecule has 1 aromatic heterocycles. The third-order valence-corrected chi connectivity index (χ3v) is 11.0. The second-order valence-electron chi connectivity index (χ2n) is 13.1. The van der Waals surface area contributed by atoms with E-state index in [1.807, 2.05) is 0 Å². The van der Waals surface area contributed by atoms with Crippen molar-refractivity contribution in [2.24, 2.45) is 5.92 Å². The number of nitrogens with one attached hydrogen (secondary N) is 1. The number of ether oxygens (including phenoxy) is 2. The van der Waals surface area contributed by atoms with Gasteiger partial charge in [0.1, 0.15) is 11.6 Å². The molecular weight excluding hydrogens is 712 g/mol. The first-order valence-corrected chi connectivity index (χ1v) is 17.0. The average molecular weight is 758 g/mol. The second kappa shape index (κ2) is 14.0. The lowest BCUT2D eigenvalue weighted by molar-refractivity contribution is -0.313. The van der Waals surface area contributed by atoms with Crippen LogP contribution in [0.3, 0.4) is 0 Å². The molecule has 1 unspecified atom stereocenters. The summed E-state index contributed by atoms with van der Waals surface area (Å²) in [6.45, 7) is 9.70. The lowest BCUT2D eigenvalue weighted by Gasteiger charge is -2.55. The lowest BCUT2D eigenvalue weighted by Crippen LogP contribution is -2.63. The molecule has 0 aliphatic carbocycles. The fourth-order valence-electron chi connectivity index (χ4n) is 5.72. The highest BCUT2D eigenvalue weighted by molar-refractivity contribution is 7.51. The van der Waals surface area contributed by atoms with Gasteiger partial charge in [-0.15, -0.1) is 9.55 Å². The van der Waals surface area contributed by atoms with Crippen LogP contribution in [0.1, 0.15) is 90.9 Å². The molecule has 284 valence electrons. The molecule has 4 rings (SSSR count). The average Bonchev–Trinajstić information content (AvgIpc) is 3.41. The van der Waals surface area contributed by atoms with E-state index in [0.29, 0.717) is 10.5 Å². The summed E-state index contributed by atoms with van der Waals surface area (Å²) < 4.78 is 165. The zero-order valence-electron chi connectivity index (χ0n) is 32.6. The molecule has 1 N–H and O–H groups in total. The largest absolute Gasteiger partial charge is 0.459 e. The monoisotopic (exact) mass is 757 g/mol. The van der Waals surface area contributed by atoms with Crippen LogP contribution in [0.4, 0.5) is 30.7 Å². The Morgan fingerprint density at radius 3 is 2.16 bits per heavy atom. The fourth-order valence-corrected chi connectivity index (χ4v) is 6.67. The van der Waals surface area contributed by atoms with Crippen LogP contribution >= 0.6 is 7.75 Å². The Balaban J connectivity index is 2.10. The van der Waals surface area contributed by atoms with E-state index < -0.39 is 95.8 Å². The van der Waals surface area contributed by atoms with Crippen LogP contribution in [0.25, 0.3) is 0 Å². The van der Waals surface area contributed by atoms with Crippen molar-refractivity contribution < 1.29 is 57.9 Å². The number of alkyl halides is 6. The summed E-state index contributed by atoms with van der Waals surface area (Å²) in [6.07, 6.45) is -16.0. The summed E-state index contributed by atoms with van der Waals surface area (Å²) in [7, 11) is -2.34. The Morgan fingerprint density at radius 1 is 1.06 bits per heavy atom. The summed E-state index contributed by atoms with van der Waals surface area (Å²) in [6, 6.07) is 0.745. The number of hydrogen-bond donors (Lipinski definition) is 1. The third-order valence-electron chi connectivity index (χ3n) is 9.32. The molecule has 0 amide bonds. The molecule has 2 heterocycles. The number of aromatic amines is 1. The Morgan fingerprint density at radius 2 is 1.65 bits per heavy atom. The van der Waals surface area contributed by atoms with Crippen LogP contribution < -0.4 is 5.69 Å². The Kier molecular flexibility index (Phi) is 10.00. The van der Waals surface area contributed by atoms with Gasteiger partial charge in [0.15, 0.2) is 6.27 Å². The number of aryl methyl sites for hydroxylation is 1. The number of nitrogens with zero attached hydrogens (tertiary/aromatic N) is 3. The molecule has 0 radical (unpaired) electrons. The maximum absolute atomic E-state index is 14.6. The predicted molar refractivity (Wildman–Crippen MR) is 172 cm³/mol. The van der Waals surface area contributed by atoms with E-state index in [0.717, 1.165) is 51.2 Å². The van der Waals surface area contributed by atoms with Crippen molar-refractivity contribution >= 4 is 7.75 Å². The Bertz CT molecular complexity index is 2020. The van der Waals surface area contributed by atoms with E-state index in [2.05, 4.69) is 10.1 Å². The minimum absolute atomic E-state index is 0.0269. The predicted octanol–water partition coefficient (Wildman–Crippen LogP) is 8.27. The number of H-pyrrole nitrogens is 1. The number of morpholine rings is 1. The topological polar surface area (TPSA) is 108 Å². The lowest BCUT2D eigenvalue weighted by atomic mass is 9.79.